The van der Waals surface area contributed by atoms with Crippen LogP contribution in [-0.4, -0.2) is 16.5 Å². The first kappa shape index (κ1) is 22.9. The van der Waals surface area contributed by atoms with Crippen molar-refractivity contribution in [3.63, 3.8) is 0 Å². The molecule has 0 radical (unpaired) electrons. The average Bonchev–Trinajstić information content (AvgIpc) is 2.90. The number of aromatic nitrogens is 1. The standard InChI is InChI=1S/C31H30N2O2/c1-22-17-19-26(20-18-22)33-28(30(34)32-25-15-9-4-10-16-25)21-27(23-11-5-2-6-12-23)29(31(33)35)24-13-7-3-8-14-24/h2-3,5-8,11-14,17-21,25H,4,9-10,15-16H2,1H3,(H,32,34). The monoisotopic (exact) mass is 462 g/mol. The molecule has 1 saturated carbocycles. The second-order valence-electron chi connectivity index (χ2n) is 9.33. The van der Waals surface area contributed by atoms with Crippen LogP contribution in [0.3, 0.4) is 0 Å². The Labute approximate surface area is 206 Å². The number of carbonyl (C=O) groups is 1. The largest absolute Gasteiger partial charge is 0.348 e. The Hall–Kier alpha value is -3.92. The van der Waals surface area contributed by atoms with E-state index in [-0.39, 0.29) is 17.5 Å². The van der Waals surface area contributed by atoms with Crippen molar-refractivity contribution < 1.29 is 4.79 Å². The van der Waals surface area contributed by atoms with Crippen LogP contribution < -0.4 is 10.9 Å². The molecule has 3 aromatic carbocycles. The molecular formula is C31H30N2O2. The van der Waals surface area contributed by atoms with Crippen LogP contribution in [0.4, 0.5) is 0 Å². The molecule has 1 amide bonds. The lowest BCUT2D eigenvalue weighted by molar-refractivity contribution is 0.0920. The molecule has 1 aliphatic rings. The van der Waals surface area contributed by atoms with Crippen molar-refractivity contribution in [3.8, 4) is 27.9 Å². The Bertz CT molecular complexity index is 1370. The number of amides is 1. The third-order valence-electron chi connectivity index (χ3n) is 6.82. The van der Waals surface area contributed by atoms with Gasteiger partial charge in [-0.15, -0.1) is 0 Å². The summed E-state index contributed by atoms with van der Waals surface area (Å²) < 4.78 is 1.58. The molecule has 0 spiro atoms. The van der Waals surface area contributed by atoms with Crippen LogP contribution >= 0.6 is 0 Å². The van der Waals surface area contributed by atoms with E-state index in [1.807, 2.05) is 97.9 Å². The molecule has 1 aliphatic carbocycles. The van der Waals surface area contributed by atoms with Crippen molar-refractivity contribution in [2.75, 3.05) is 0 Å². The normalized spacial score (nSPS) is 14.0. The van der Waals surface area contributed by atoms with Gasteiger partial charge in [0.15, 0.2) is 0 Å². The van der Waals surface area contributed by atoms with Gasteiger partial charge in [0, 0.05) is 11.7 Å². The number of carbonyl (C=O) groups excluding carboxylic acids is 1. The van der Waals surface area contributed by atoms with Gasteiger partial charge in [-0.3, -0.25) is 14.2 Å². The van der Waals surface area contributed by atoms with Gasteiger partial charge in [-0.1, -0.05) is 97.6 Å². The molecule has 35 heavy (non-hydrogen) atoms. The predicted molar refractivity (Wildman–Crippen MR) is 142 cm³/mol. The fourth-order valence-corrected chi connectivity index (χ4v) is 4.96. The van der Waals surface area contributed by atoms with Crippen molar-refractivity contribution in [3.05, 3.63) is 113 Å². The zero-order valence-electron chi connectivity index (χ0n) is 20.0. The molecule has 4 heteroatoms. The van der Waals surface area contributed by atoms with E-state index in [9.17, 15) is 9.59 Å². The Balaban J connectivity index is 1.76. The number of rotatable bonds is 5. The van der Waals surface area contributed by atoms with Gasteiger partial charge >= 0.3 is 0 Å². The smallest absolute Gasteiger partial charge is 0.268 e. The average molecular weight is 463 g/mol. The zero-order chi connectivity index (χ0) is 24.2. The molecule has 1 fully saturated rings. The molecule has 4 nitrogen and oxygen atoms in total. The third kappa shape index (κ3) is 4.83. The lowest BCUT2D eigenvalue weighted by Crippen LogP contribution is -2.39. The molecule has 1 N–H and O–H groups in total. The maximum absolute atomic E-state index is 14.2. The van der Waals surface area contributed by atoms with Gasteiger partial charge < -0.3 is 5.32 Å². The van der Waals surface area contributed by atoms with Gasteiger partial charge in [-0.2, -0.15) is 0 Å². The maximum Gasteiger partial charge on any atom is 0.268 e. The van der Waals surface area contributed by atoms with E-state index < -0.39 is 0 Å². The third-order valence-corrected chi connectivity index (χ3v) is 6.82. The molecule has 0 unspecified atom stereocenters. The van der Waals surface area contributed by atoms with Gasteiger partial charge in [-0.25, -0.2) is 0 Å². The van der Waals surface area contributed by atoms with Crippen molar-refractivity contribution in [1.82, 2.24) is 9.88 Å². The van der Waals surface area contributed by atoms with Crippen LogP contribution in [0.5, 0.6) is 0 Å². The minimum absolute atomic E-state index is 0.145. The summed E-state index contributed by atoms with van der Waals surface area (Å²) in [5.74, 6) is -0.202. The minimum Gasteiger partial charge on any atom is -0.348 e. The van der Waals surface area contributed by atoms with E-state index in [2.05, 4.69) is 5.32 Å². The molecule has 0 bridgehead atoms. The molecule has 1 heterocycles. The van der Waals surface area contributed by atoms with Crippen LogP contribution in [-0.2, 0) is 0 Å². The topological polar surface area (TPSA) is 51.1 Å². The van der Waals surface area contributed by atoms with Gasteiger partial charge in [0.05, 0.1) is 5.56 Å². The lowest BCUT2D eigenvalue weighted by atomic mass is 9.94. The fraction of sp³-hybridized carbons (Fsp3) is 0.226. The van der Waals surface area contributed by atoms with E-state index in [0.717, 1.165) is 47.9 Å². The molecule has 5 rings (SSSR count). The summed E-state index contributed by atoms with van der Waals surface area (Å²) in [6, 6.07) is 29.3. The molecule has 0 aliphatic heterocycles. The highest BCUT2D eigenvalue weighted by molar-refractivity contribution is 5.97. The number of benzene rings is 3. The zero-order valence-corrected chi connectivity index (χ0v) is 20.0. The van der Waals surface area contributed by atoms with Gasteiger partial charge in [0.2, 0.25) is 0 Å². The van der Waals surface area contributed by atoms with Crippen molar-refractivity contribution >= 4 is 5.91 Å². The second-order valence-corrected chi connectivity index (χ2v) is 9.33. The highest BCUT2D eigenvalue weighted by Gasteiger charge is 2.24. The van der Waals surface area contributed by atoms with Crippen molar-refractivity contribution in [2.45, 2.75) is 45.1 Å². The Morgan fingerprint density at radius 2 is 1.40 bits per heavy atom. The first-order valence-electron chi connectivity index (χ1n) is 12.4. The summed E-state index contributed by atoms with van der Waals surface area (Å²) in [6.45, 7) is 2.01. The summed E-state index contributed by atoms with van der Waals surface area (Å²) in [6.07, 6.45) is 5.42. The molecule has 176 valence electrons. The summed E-state index contributed by atoms with van der Waals surface area (Å²) in [4.78, 5) is 27.9. The SMILES string of the molecule is Cc1ccc(-n2c(C(=O)NC3CCCCC3)cc(-c3ccccc3)c(-c3ccccc3)c2=O)cc1. The first-order valence-corrected chi connectivity index (χ1v) is 12.4. The number of pyridine rings is 1. The molecular weight excluding hydrogens is 432 g/mol. The molecule has 0 saturated heterocycles. The highest BCUT2D eigenvalue weighted by Crippen LogP contribution is 2.31. The van der Waals surface area contributed by atoms with Gasteiger partial charge in [0.25, 0.3) is 11.5 Å². The van der Waals surface area contributed by atoms with Crippen LogP contribution in [0.1, 0.15) is 48.2 Å². The van der Waals surface area contributed by atoms with Crippen LogP contribution in [0.15, 0.2) is 95.8 Å². The quantitative estimate of drug-likeness (QED) is 0.366. The molecule has 4 aromatic rings. The minimum atomic E-state index is -0.202. The maximum atomic E-state index is 14.2. The number of hydrogen-bond acceptors (Lipinski definition) is 2. The number of nitrogens with one attached hydrogen (secondary N) is 1. The summed E-state index contributed by atoms with van der Waals surface area (Å²) in [5.41, 5.74) is 5.04. The lowest BCUT2D eigenvalue weighted by Gasteiger charge is -2.24. The van der Waals surface area contributed by atoms with E-state index in [0.29, 0.717) is 16.9 Å². The van der Waals surface area contributed by atoms with Gasteiger partial charge in [-0.05, 0) is 54.7 Å². The second kappa shape index (κ2) is 10.1. The Morgan fingerprint density at radius 3 is 2.03 bits per heavy atom. The first-order chi connectivity index (χ1) is 17.1. The van der Waals surface area contributed by atoms with Gasteiger partial charge in [0.1, 0.15) is 5.69 Å². The molecule has 0 atom stereocenters. The fourth-order valence-electron chi connectivity index (χ4n) is 4.96. The van der Waals surface area contributed by atoms with Crippen LogP contribution in [0.25, 0.3) is 27.9 Å². The van der Waals surface area contributed by atoms with Crippen molar-refractivity contribution in [2.24, 2.45) is 0 Å². The number of hydrogen-bond donors (Lipinski definition) is 1. The number of nitrogens with zero attached hydrogens (tertiary/aromatic N) is 1. The predicted octanol–water partition coefficient (Wildman–Crippen LogP) is 6.54. The van der Waals surface area contributed by atoms with Crippen molar-refractivity contribution in [1.29, 1.82) is 0 Å². The van der Waals surface area contributed by atoms with E-state index in [1.54, 1.807) is 4.57 Å². The van der Waals surface area contributed by atoms with Crippen LogP contribution in [0, 0.1) is 6.92 Å². The van der Waals surface area contributed by atoms with E-state index in [1.165, 1.54) is 6.42 Å². The highest BCUT2D eigenvalue weighted by atomic mass is 16.2. The van der Waals surface area contributed by atoms with Crippen LogP contribution in [0.2, 0.25) is 0 Å². The Morgan fingerprint density at radius 1 is 0.800 bits per heavy atom. The summed E-state index contributed by atoms with van der Waals surface area (Å²) in [5, 5.41) is 3.22. The summed E-state index contributed by atoms with van der Waals surface area (Å²) in [7, 11) is 0. The molecule has 1 aromatic heterocycles. The Kier molecular flexibility index (Phi) is 6.62. The number of aryl methyl sites for hydroxylation is 1. The van der Waals surface area contributed by atoms with E-state index >= 15 is 0 Å². The summed E-state index contributed by atoms with van der Waals surface area (Å²) >= 11 is 0. The van der Waals surface area contributed by atoms with E-state index in [4.69, 9.17) is 0 Å².